The summed E-state index contributed by atoms with van der Waals surface area (Å²) in [5.74, 6) is -0.152. The molecule has 0 saturated carbocycles. The summed E-state index contributed by atoms with van der Waals surface area (Å²) < 4.78 is 0. The van der Waals surface area contributed by atoms with Crippen LogP contribution in [0.25, 0.3) is 10.8 Å². The minimum Gasteiger partial charge on any atom is -0.388 e. The third-order valence-electron chi connectivity index (χ3n) is 8.42. The van der Waals surface area contributed by atoms with Gasteiger partial charge in [0.15, 0.2) is 0 Å². The molecule has 4 aromatic carbocycles. The lowest BCUT2D eigenvalue weighted by molar-refractivity contribution is 0.0943. The standard InChI is InChI=1S/C38H50N6O2/c1-39-35-15-7-29(8-16-35)19-25-43(3)23-5-21-41-37(45)33-13-11-32-28-34(14-12-31(32)27-33)38(46)42-22-6-24-44(4)26-20-30-9-17-36(40-2)18-10-30/h7-18,27-28,39-40H,5-6,19-26H2,1-4H3,(H,41,45)(H,42,46). The van der Waals surface area contributed by atoms with Gasteiger partial charge in [0.1, 0.15) is 0 Å². The maximum Gasteiger partial charge on any atom is 0.251 e. The number of hydrogen-bond acceptors (Lipinski definition) is 6. The highest BCUT2D eigenvalue weighted by atomic mass is 16.2. The van der Waals surface area contributed by atoms with Gasteiger partial charge in [0, 0.05) is 62.8 Å². The fourth-order valence-corrected chi connectivity index (χ4v) is 5.37. The van der Waals surface area contributed by atoms with Gasteiger partial charge in [-0.05, 0) is 123 Å². The number of likely N-dealkylation sites (N-methyl/N-ethyl adjacent to an activating group) is 2. The number of nitrogens with zero attached hydrogens (tertiary/aromatic N) is 2. The monoisotopic (exact) mass is 622 g/mol. The van der Waals surface area contributed by atoms with Crippen molar-refractivity contribution in [3.05, 3.63) is 107 Å². The van der Waals surface area contributed by atoms with Crippen molar-refractivity contribution in [2.24, 2.45) is 0 Å². The van der Waals surface area contributed by atoms with Crippen LogP contribution in [0.3, 0.4) is 0 Å². The van der Waals surface area contributed by atoms with E-state index in [0.29, 0.717) is 24.2 Å². The third-order valence-corrected chi connectivity index (χ3v) is 8.42. The van der Waals surface area contributed by atoms with E-state index in [1.165, 1.54) is 11.1 Å². The molecule has 0 fully saturated rings. The van der Waals surface area contributed by atoms with Crippen LogP contribution in [0.1, 0.15) is 44.7 Å². The highest BCUT2D eigenvalue weighted by Gasteiger charge is 2.10. The molecule has 0 atom stereocenters. The highest BCUT2D eigenvalue weighted by molar-refractivity contribution is 6.01. The van der Waals surface area contributed by atoms with Crippen molar-refractivity contribution in [2.75, 3.05) is 78.1 Å². The molecule has 8 nitrogen and oxygen atoms in total. The molecule has 0 radical (unpaired) electrons. The Balaban J connectivity index is 1.13. The van der Waals surface area contributed by atoms with Gasteiger partial charge in [-0.3, -0.25) is 9.59 Å². The summed E-state index contributed by atoms with van der Waals surface area (Å²) >= 11 is 0. The van der Waals surface area contributed by atoms with Gasteiger partial charge in [0.05, 0.1) is 0 Å². The Morgan fingerprint density at radius 3 is 1.30 bits per heavy atom. The van der Waals surface area contributed by atoms with Gasteiger partial charge in [-0.2, -0.15) is 0 Å². The molecule has 0 aliphatic carbocycles. The SMILES string of the molecule is CNc1ccc(CCN(C)CCCNC(=O)c2ccc3cc(C(=O)NCCCN(C)CCc4ccc(NC)cc4)ccc3c2)cc1. The largest absolute Gasteiger partial charge is 0.388 e. The smallest absolute Gasteiger partial charge is 0.251 e. The van der Waals surface area contributed by atoms with Crippen molar-refractivity contribution < 1.29 is 9.59 Å². The number of rotatable bonds is 18. The zero-order chi connectivity index (χ0) is 32.7. The lowest BCUT2D eigenvalue weighted by atomic mass is 10.0. The third kappa shape index (κ3) is 10.9. The molecule has 8 heteroatoms. The Hall–Kier alpha value is -4.40. The first kappa shape index (κ1) is 34.5. The zero-order valence-corrected chi connectivity index (χ0v) is 27.9. The first-order chi connectivity index (χ1) is 22.3. The summed E-state index contributed by atoms with van der Waals surface area (Å²) in [5, 5.41) is 14.3. The van der Waals surface area contributed by atoms with Crippen LogP contribution in [0, 0.1) is 0 Å². The van der Waals surface area contributed by atoms with E-state index < -0.39 is 0 Å². The van der Waals surface area contributed by atoms with Crippen molar-refractivity contribution in [2.45, 2.75) is 25.7 Å². The van der Waals surface area contributed by atoms with E-state index in [1.54, 1.807) is 0 Å². The predicted octanol–water partition coefficient (Wildman–Crippen LogP) is 5.51. The maximum atomic E-state index is 12.8. The molecule has 0 aliphatic rings. The Labute approximate surface area is 274 Å². The van der Waals surface area contributed by atoms with E-state index in [-0.39, 0.29) is 11.8 Å². The van der Waals surface area contributed by atoms with Crippen LogP contribution in [0.4, 0.5) is 11.4 Å². The number of anilines is 2. The van der Waals surface area contributed by atoms with Gasteiger partial charge in [0.2, 0.25) is 0 Å². The van der Waals surface area contributed by atoms with Crippen LogP contribution >= 0.6 is 0 Å². The van der Waals surface area contributed by atoms with E-state index in [4.69, 9.17) is 0 Å². The summed E-state index contributed by atoms with van der Waals surface area (Å²) in [4.78, 5) is 30.2. The average Bonchev–Trinajstić information content (AvgIpc) is 3.09. The quantitative estimate of drug-likeness (QED) is 0.110. The maximum absolute atomic E-state index is 12.8. The van der Waals surface area contributed by atoms with E-state index >= 15 is 0 Å². The number of hydrogen-bond donors (Lipinski definition) is 4. The number of carbonyl (C=O) groups is 2. The molecule has 244 valence electrons. The van der Waals surface area contributed by atoms with Crippen LogP contribution in [-0.4, -0.2) is 89.1 Å². The van der Waals surface area contributed by atoms with E-state index in [1.807, 2.05) is 50.5 Å². The second-order valence-corrected chi connectivity index (χ2v) is 12.0. The van der Waals surface area contributed by atoms with Crippen LogP contribution < -0.4 is 21.3 Å². The minimum absolute atomic E-state index is 0.0762. The molecule has 46 heavy (non-hydrogen) atoms. The molecule has 0 aromatic heterocycles. The Morgan fingerprint density at radius 2 is 0.935 bits per heavy atom. The average molecular weight is 623 g/mol. The lowest BCUT2D eigenvalue weighted by Gasteiger charge is -2.17. The van der Waals surface area contributed by atoms with E-state index in [2.05, 4.69) is 93.7 Å². The molecule has 0 bridgehead atoms. The van der Waals surface area contributed by atoms with Crippen LogP contribution in [-0.2, 0) is 12.8 Å². The van der Waals surface area contributed by atoms with Crippen molar-refractivity contribution in [3.8, 4) is 0 Å². The van der Waals surface area contributed by atoms with Gasteiger partial charge >= 0.3 is 0 Å². The molecule has 0 aliphatic heterocycles. The summed E-state index contributed by atoms with van der Waals surface area (Å²) in [6.45, 7) is 5.03. The fraction of sp³-hybridized carbons (Fsp3) is 0.368. The van der Waals surface area contributed by atoms with Crippen molar-refractivity contribution in [1.82, 2.24) is 20.4 Å². The van der Waals surface area contributed by atoms with Crippen molar-refractivity contribution in [3.63, 3.8) is 0 Å². The molecular formula is C38H50N6O2. The number of nitrogens with one attached hydrogen (secondary N) is 4. The Bertz CT molecular complexity index is 1420. The molecule has 4 rings (SSSR count). The van der Waals surface area contributed by atoms with Gasteiger partial charge < -0.3 is 31.1 Å². The minimum atomic E-state index is -0.0762. The molecular weight excluding hydrogens is 572 g/mol. The topological polar surface area (TPSA) is 88.7 Å². The Morgan fingerprint density at radius 1 is 0.543 bits per heavy atom. The van der Waals surface area contributed by atoms with E-state index in [9.17, 15) is 9.59 Å². The molecule has 4 aromatic rings. The fourth-order valence-electron chi connectivity index (χ4n) is 5.37. The first-order valence-corrected chi connectivity index (χ1v) is 16.4. The zero-order valence-electron chi connectivity index (χ0n) is 27.9. The second-order valence-electron chi connectivity index (χ2n) is 12.0. The number of carbonyl (C=O) groups excluding carboxylic acids is 2. The summed E-state index contributed by atoms with van der Waals surface area (Å²) in [6, 6.07) is 28.3. The second kappa shape index (κ2) is 17.9. The van der Waals surface area contributed by atoms with Crippen molar-refractivity contribution in [1.29, 1.82) is 0 Å². The normalized spacial score (nSPS) is 11.2. The van der Waals surface area contributed by atoms with Gasteiger partial charge in [0.25, 0.3) is 11.8 Å². The van der Waals surface area contributed by atoms with Crippen LogP contribution in [0.2, 0.25) is 0 Å². The number of fused-ring (bicyclic) bond motifs is 1. The summed E-state index contributed by atoms with van der Waals surface area (Å²) in [6.07, 6.45) is 3.77. The molecule has 4 N–H and O–H groups in total. The predicted molar refractivity (Wildman–Crippen MR) is 192 cm³/mol. The summed E-state index contributed by atoms with van der Waals surface area (Å²) in [7, 11) is 8.09. The summed E-state index contributed by atoms with van der Waals surface area (Å²) in [5.41, 5.74) is 6.14. The van der Waals surface area contributed by atoms with Gasteiger partial charge in [-0.1, -0.05) is 36.4 Å². The molecule has 0 saturated heterocycles. The van der Waals surface area contributed by atoms with Gasteiger partial charge in [-0.25, -0.2) is 0 Å². The van der Waals surface area contributed by atoms with E-state index in [0.717, 1.165) is 74.0 Å². The molecule has 0 unspecified atom stereocenters. The Kier molecular flexibility index (Phi) is 13.4. The number of benzene rings is 4. The highest BCUT2D eigenvalue weighted by Crippen LogP contribution is 2.18. The number of amides is 2. The lowest BCUT2D eigenvalue weighted by Crippen LogP contribution is -2.29. The first-order valence-electron chi connectivity index (χ1n) is 16.4. The van der Waals surface area contributed by atoms with Crippen LogP contribution in [0.5, 0.6) is 0 Å². The molecule has 0 spiro atoms. The molecule has 0 heterocycles. The van der Waals surface area contributed by atoms with Crippen LogP contribution in [0.15, 0.2) is 84.9 Å². The molecule has 2 amide bonds. The van der Waals surface area contributed by atoms with Crippen molar-refractivity contribution >= 4 is 34.0 Å². The van der Waals surface area contributed by atoms with Gasteiger partial charge in [-0.15, -0.1) is 0 Å².